The lowest BCUT2D eigenvalue weighted by molar-refractivity contribution is 0.237. The summed E-state index contributed by atoms with van der Waals surface area (Å²) in [6, 6.07) is 6.28. The first kappa shape index (κ1) is 15.8. The Hall–Kier alpha value is -2.08. The quantitative estimate of drug-likeness (QED) is 0.718. The van der Waals surface area contributed by atoms with Gasteiger partial charge in [-0.1, -0.05) is 18.9 Å². The number of nitrogens with one attached hydrogen (secondary N) is 3. The highest BCUT2D eigenvalue weighted by Crippen LogP contribution is 2.22. The second-order valence-electron chi connectivity index (χ2n) is 6.29. The first-order chi connectivity index (χ1) is 11.2. The Morgan fingerprint density at radius 1 is 1.39 bits per heavy atom. The van der Waals surface area contributed by atoms with Crippen LogP contribution in [-0.4, -0.2) is 47.3 Å². The maximum Gasteiger partial charge on any atom is 0.319 e. The van der Waals surface area contributed by atoms with Crippen molar-refractivity contribution < 1.29 is 4.79 Å². The molecule has 1 aromatic heterocycles. The number of hydrogen-bond acceptors (Lipinski definition) is 3. The number of amides is 2. The Morgan fingerprint density at radius 3 is 3.04 bits per heavy atom. The van der Waals surface area contributed by atoms with Gasteiger partial charge in [0.2, 0.25) is 0 Å². The van der Waals surface area contributed by atoms with Gasteiger partial charge in [-0.15, -0.1) is 0 Å². The topological polar surface area (TPSA) is 73.1 Å². The smallest absolute Gasteiger partial charge is 0.319 e. The molecule has 124 valence electrons. The molecule has 23 heavy (non-hydrogen) atoms. The lowest BCUT2D eigenvalue weighted by atomic mass is 10.2. The van der Waals surface area contributed by atoms with E-state index >= 15 is 0 Å². The van der Waals surface area contributed by atoms with Crippen LogP contribution in [0.25, 0.3) is 10.9 Å². The van der Waals surface area contributed by atoms with E-state index in [0.717, 1.165) is 35.6 Å². The van der Waals surface area contributed by atoms with Crippen molar-refractivity contribution in [1.82, 2.24) is 20.4 Å². The van der Waals surface area contributed by atoms with Crippen LogP contribution in [-0.2, 0) is 0 Å². The highest BCUT2D eigenvalue weighted by molar-refractivity contribution is 6.00. The maximum absolute atomic E-state index is 12.0. The van der Waals surface area contributed by atoms with Gasteiger partial charge in [0.15, 0.2) is 0 Å². The van der Waals surface area contributed by atoms with Gasteiger partial charge in [0.25, 0.3) is 0 Å². The number of carbonyl (C=O) groups is 1. The standard InChI is InChI=1S/C17H25N5O/c1-22(13-6-2-3-7-13)11-5-10-18-17(23)20-15-8-4-9-16-14(15)12-19-21-16/h4,8-9,12-13H,2-3,5-7,10-11H2,1H3,(H,19,21)(H2,18,20,23). The van der Waals surface area contributed by atoms with Gasteiger partial charge >= 0.3 is 6.03 Å². The van der Waals surface area contributed by atoms with E-state index in [-0.39, 0.29) is 6.03 Å². The summed E-state index contributed by atoms with van der Waals surface area (Å²) in [5.41, 5.74) is 1.69. The third kappa shape index (κ3) is 4.01. The molecule has 1 fully saturated rings. The molecule has 1 aromatic carbocycles. The average Bonchev–Trinajstić information content (AvgIpc) is 3.22. The molecule has 0 radical (unpaired) electrons. The number of rotatable bonds is 6. The number of anilines is 1. The molecule has 1 heterocycles. The molecule has 6 heteroatoms. The lowest BCUT2D eigenvalue weighted by Gasteiger charge is -2.23. The fourth-order valence-electron chi connectivity index (χ4n) is 3.30. The van der Waals surface area contributed by atoms with Crippen molar-refractivity contribution in [3.05, 3.63) is 24.4 Å². The van der Waals surface area contributed by atoms with Gasteiger partial charge in [-0.25, -0.2) is 4.79 Å². The average molecular weight is 315 g/mol. The summed E-state index contributed by atoms with van der Waals surface area (Å²) in [5.74, 6) is 0. The maximum atomic E-state index is 12.0. The minimum absolute atomic E-state index is 0.165. The second kappa shape index (κ2) is 7.46. The molecular formula is C17H25N5O. The van der Waals surface area contributed by atoms with E-state index in [2.05, 4.69) is 32.8 Å². The van der Waals surface area contributed by atoms with Crippen LogP contribution in [0.15, 0.2) is 24.4 Å². The highest BCUT2D eigenvalue weighted by Gasteiger charge is 2.18. The first-order valence-corrected chi connectivity index (χ1v) is 8.41. The molecule has 1 saturated carbocycles. The molecule has 0 atom stereocenters. The van der Waals surface area contributed by atoms with E-state index in [9.17, 15) is 4.79 Å². The van der Waals surface area contributed by atoms with Crippen molar-refractivity contribution >= 4 is 22.6 Å². The predicted octanol–water partition coefficient (Wildman–Crippen LogP) is 2.95. The van der Waals surface area contributed by atoms with Gasteiger partial charge in [0.1, 0.15) is 0 Å². The van der Waals surface area contributed by atoms with Gasteiger partial charge in [0.05, 0.1) is 17.4 Å². The summed E-state index contributed by atoms with van der Waals surface area (Å²) in [7, 11) is 2.19. The number of urea groups is 1. The van der Waals surface area contributed by atoms with Crippen molar-refractivity contribution in [2.24, 2.45) is 0 Å². The summed E-state index contributed by atoms with van der Waals surface area (Å²) >= 11 is 0. The number of aromatic amines is 1. The minimum Gasteiger partial charge on any atom is -0.338 e. The van der Waals surface area contributed by atoms with Gasteiger partial charge in [0, 0.05) is 18.0 Å². The van der Waals surface area contributed by atoms with Crippen molar-refractivity contribution in [1.29, 1.82) is 0 Å². The number of hydrogen-bond donors (Lipinski definition) is 3. The molecule has 0 spiro atoms. The minimum atomic E-state index is -0.165. The van der Waals surface area contributed by atoms with E-state index in [0.29, 0.717) is 6.54 Å². The molecule has 0 saturated heterocycles. The SMILES string of the molecule is CN(CCCNC(=O)Nc1cccc2[nH]ncc12)C1CCCC1. The van der Waals surface area contributed by atoms with Gasteiger partial charge in [-0.3, -0.25) is 5.10 Å². The van der Waals surface area contributed by atoms with Crippen molar-refractivity contribution in [3.63, 3.8) is 0 Å². The van der Waals surface area contributed by atoms with Crippen LogP contribution in [0.5, 0.6) is 0 Å². The Labute approximate surface area is 136 Å². The summed E-state index contributed by atoms with van der Waals surface area (Å²) < 4.78 is 0. The normalized spacial score (nSPS) is 15.4. The molecule has 6 nitrogen and oxygen atoms in total. The molecule has 0 unspecified atom stereocenters. The second-order valence-corrected chi connectivity index (χ2v) is 6.29. The molecule has 3 rings (SSSR count). The summed E-state index contributed by atoms with van der Waals surface area (Å²) in [6.07, 6.45) is 8.04. The third-order valence-corrected chi connectivity index (χ3v) is 4.65. The highest BCUT2D eigenvalue weighted by atomic mass is 16.2. The van der Waals surface area contributed by atoms with Crippen molar-refractivity contribution in [2.45, 2.75) is 38.1 Å². The summed E-state index contributed by atoms with van der Waals surface area (Å²) in [6.45, 7) is 1.71. The third-order valence-electron chi connectivity index (χ3n) is 4.65. The summed E-state index contributed by atoms with van der Waals surface area (Å²) in [4.78, 5) is 14.4. The van der Waals surface area contributed by atoms with E-state index in [1.807, 2.05) is 18.2 Å². The fraction of sp³-hybridized carbons (Fsp3) is 0.529. The van der Waals surface area contributed by atoms with Crippen LogP contribution in [0.3, 0.4) is 0 Å². The number of carbonyl (C=O) groups excluding carboxylic acids is 1. The molecule has 0 bridgehead atoms. The van der Waals surface area contributed by atoms with Crippen LogP contribution < -0.4 is 10.6 Å². The number of nitrogens with zero attached hydrogens (tertiary/aromatic N) is 2. The zero-order valence-electron chi connectivity index (χ0n) is 13.6. The van der Waals surface area contributed by atoms with Crippen LogP contribution in [0.2, 0.25) is 0 Å². The molecule has 0 aliphatic heterocycles. The number of benzene rings is 1. The molecule has 1 aliphatic carbocycles. The van der Waals surface area contributed by atoms with Gasteiger partial charge < -0.3 is 15.5 Å². The molecular weight excluding hydrogens is 290 g/mol. The Balaban J connectivity index is 1.40. The van der Waals surface area contributed by atoms with Crippen LogP contribution in [0.1, 0.15) is 32.1 Å². The number of H-pyrrole nitrogens is 1. The van der Waals surface area contributed by atoms with Gasteiger partial charge in [-0.2, -0.15) is 5.10 Å². The monoisotopic (exact) mass is 315 g/mol. The van der Waals surface area contributed by atoms with Crippen molar-refractivity contribution in [2.75, 3.05) is 25.5 Å². The molecule has 3 N–H and O–H groups in total. The number of fused-ring (bicyclic) bond motifs is 1. The van der Waals surface area contributed by atoms with E-state index in [1.165, 1.54) is 25.7 Å². The molecule has 1 aliphatic rings. The lowest BCUT2D eigenvalue weighted by Crippen LogP contribution is -2.34. The van der Waals surface area contributed by atoms with Crippen LogP contribution in [0, 0.1) is 0 Å². The van der Waals surface area contributed by atoms with E-state index in [1.54, 1.807) is 6.20 Å². The van der Waals surface area contributed by atoms with E-state index in [4.69, 9.17) is 0 Å². The van der Waals surface area contributed by atoms with Gasteiger partial charge in [-0.05, 0) is 45.0 Å². The Bertz CT molecular complexity index is 647. The zero-order valence-corrected chi connectivity index (χ0v) is 13.6. The number of aromatic nitrogens is 2. The Kier molecular flexibility index (Phi) is 5.12. The Morgan fingerprint density at radius 2 is 2.22 bits per heavy atom. The van der Waals surface area contributed by atoms with Crippen molar-refractivity contribution in [3.8, 4) is 0 Å². The largest absolute Gasteiger partial charge is 0.338 e. The summed E-state index contributed by atoms with van der Waals surface area (Å²) in [5, 5.41) is 13.6. The molecule has 2 aromatic rings. The fourth-order valence-corrected chi connectivity index (χ4v) is 3.30. The van der Waals surface area contributed by atoms with E-state index < -0.39 is 0 Å². The van der Waals surface area contributed by atoms with Crippen LogP contribution >= 0.6 is 0 Å². The first-order valence-electron chi connectivity index (χ1n) is 8.41. The van der Waals surface area contributed by atoms with Crippen LogP contribution in [0.4, 0.5) is 10.5 Å². The predicted molar refractivity (Wildman–Crippen MR) is 92.6 cm³/mol. The zero-order chi connectivity index (χ0) is 16.1. The molecule has 2 amide bonds.